The average molecular weight is 268 g/mol. The maximum absolute atomic E-state index is 9.59. The van der Waals surface area contributed by atoms with Crippen molar-refractivity contribution in [3.8, 4) is 5.75 Å². The van der Waals surface area contributed by atoms with Gasteiger partial charge < -0.3 is 10.4 Å². The quantitative estimate of drug-likeness (QED) is 0.898. The van der Waals surface area contributed by atoms with E-state index < -0.39 is 0 Å². The summed E-state index contributed by atoms with van der Waals surface area (Å²) in [6, 6.07) is 18.6. The van der Waals surface area contributed by atoms with E-state index >= 15 is 0 Å². The molecule has 1 atom stereocenters. The first-order valence-electron chi connectivity index (χ1n) is 7.10. The minimum absolute atomic E-state index is 0.342. The third kappa shape index (κ3) is 3.00. The lowest BCUT2D eigenvalue weighted by Gasteiger charge is -2.36. The van der Waals surface area contributed by atoms with E-state index in [1.54, 1.807) is 6.07 Å². The predicted molar refractivity (Wildman–Crippen MR) is 80.6 cm³/mol. The highest BCUT2D eigenvalue weighted by atomic mass is 16.3. The van der Waals surface area contributed by atoms with Crippen molar-refractivity contribution in [2.24, 2.45) is 0 Å². The number of piperazine rings is 1. The maximum atomic E-state index is 9.59. The van der Waals surface area contributed by atoms with Crippen LogP contribution in [0.1, 0.15) is 17.2 Å². The third-order valence-corrected chi connectivity index (χ3v) is 3.83. The lowest BCUT2D eigenvalue weighted by atomic mass is 10.0. The summed E-state index contributed by atoms with van der Waals surface area (Å²) in [6.45, 7) is 3.88. The molecule has 1 aliphatic heterocycles. The zero-order valence-electron chi connectivity index (χ0n) is 11.5. The van der Waals surface area contributed by atoms with Crippen LogP contribution < -0.4 is 5.32 Å². The number of hydrogen-bond acceptors (Lipinski definition) is 3. The molecule has 20 heavy (non-hydrogen) atoms. The Labute approximate surface area is 119 Å². The number of rotatable bonds is 3. The second-order valence-corrected chi connectivity index (χ2v) is 5.27. The number of phenolic OH excluding ortho intramolecular Hbond substituents is 1. The number of nitrogens with zero attached hydrogens (tertiary/aromatic N) is 1. The van der Waals surface area contributed by atoms with Crippen molar-refractivity contribution in [2.75, 3.05) is 19.6 Å². The summed E-state index contributed by atoms with van der Waals surface area (Å²) in [5.74, 6) is 0.342. The summed E-state index contributed by atoms with van der Waals surface area (Å²) in [5.41, 5.74) is 2.51. The Morgan fingerprint density at radius 2 is 1.95 bits per heavy atom. The first kappa shape index (κ1) is 13.2. The van der Waals surface area contributed by atoms with Gasteiger partial charge in [-0.25, -0.2) is 0 Å². The Morgan fingerprint density at radius 1 is 1.10 bits per heavy atom. The van der Waals surface area contributed by atoms with Gasteiger partial charge in [0.15, 0.2) is 0 Å². The van der Waals surface area contributed by atoms with Crippen molar-refractivity contribution in [1.29, 1.82) is 0 Å². The van der Waals surface area contributed by atoms with E-state index in [4.69, 9.17) is 0 Å². The molecule has 0 aliphatic carbocycles. The zero-order chi connectivity index (χ0) is 13.8. The monoisotopic (exact) mass is 268 g/mol. The van der Waals surface area contributed by atoms with Gasteiger partial charge >= 0.3 is 0 Å². The van der Waals surface area contributed by atoms with Crippen LogP contribution in [0, 0.1) is 0 Å². The third-order valence-electron chi connectivity index (χ3n) is 3.83. The summed E-state index contributed by atoms with van der Waals surface area (Å²) in [4.78, 5) is 2.47. The smallest absolute Gasteiger partial charge is 0.115 e. The van der Waals surface area contributed by atoms with Crippen LogP contribution in [0.4, 0.5) is 0 Å². The zero-order valence-corrected chi connectivity index (χ0v) is 11.5. The Hall–Kier alpha value is -1.84. The molecule has 3 heteroatoms. The molecule has 1 aliphatic rings. The van der Waals surface area contributed by atoms with Crippen LogP contribution in [0.15, 0.2) is 54.6 Å². The van der Waals surface area contributed by atoms with Gasteiger partial charge in [-0.3, -0.25) is 4.90 Å². The van der Waals surface area contributed by atoms with E-state index in [9.17, 15) is 5.11 Å². The van der Waals surface area contributed by atoms with Crippen LogP contribution >= 0.6 is 0 Å². The molecule has 1 unspecified atom stereocenters. The molecule has 0 spiro atoms. The maximum Gasteiger partial charge on any atom is 0.115 e. The van der Waals surface area contributed by atoms with Crippen molar-refractivity contribution in [3.05, 3.63) is 65.7 Å². The van der Waals surface area contributed by atoms with Gasteiger partial charge in [-0.2, -0.15) is 0 Å². The fourth-order valence-electron chi connectivity index (χ4n) is 2.83. The van der Waals surface area contributed by atoms with Crippen LogP contribution in [-0.4, -0.2) is 29.6 Å². The van der Waals surface area contributed by atoms with Gasteiger partial charge in [0.05, 0.1) is 0 Å². The number of nitrogens with one attached hydrogen (secondary N) is 1. The number of benzene rings is 2. The normalized spacial score (nSPS) is 19.9. The van der Waals surface area contributed by atoms with Crippen molar-refractivity contribution in [3.63, 3.8) is 0 Å². The molecule has 0 aromatic heterocycles. The van der Waals surface area contributed by atoms with E-state index in [0.29, 0.717) is 11.8 Å². The summed E-state index contributed by atoms with van der Waals surface area (Å²) >= 11 is 0. The molecule has 1 saturated heterocycles. The van der Waals surface area contributed by atoms with Gasteiger partial charge in [0.25, 0.3) is 0 Å². The van der Waals surface area contributed by atoms with Gasteiger partial charge in [-0.15, -0.1) is 0 Å². The van der Waals surface area contributed by atoms with Crippen LogP contribution in [0.25, 0.3) is 0 Å². The summed E-state index contributed by atoms with van der Waals surface area (Å²) in [5, 5.41) is 13.1. The molecule has 1 fully saturated rings. The van der Waals surface area contributed by atoms with Gasteiger partial charge in [-0.05, 0) is 23.3 Å². The predicted octanol–water partition coefficient (Wildman–Crippen LogP) is 2.54. The minimum Gasteiger partial charge on any atom is -0.508 e. The topological polar surface area (TPSA) is 35.5 Å². The molecule has 0 radical (unpaired) electrons. The first-order valence-corrected chi connectivity index (χ1v) is 7.10. The number of hydrogen-bond donors (Lipinski definition) is 2. The van der Waals surface area contributed by atoms with Gasteiger partial charge in [0, 0.05) is 32.2 Å². The van der Waals surface area contributed by atoms with E-state index in [1.165, 1.54) is 5.56 Å². The van der Waals surface area contributed by atoms with Crippen molar-refractivity contribution in [1.82, 2.24) is 10.2 Å². The highest BCUT2D eigenvalue weighted by molar-refractivity contribution is 5.27. The minimum atomic E-state index is 0.342. The summed E-state index contributed by atoms with van der Waals surface area (Å²) in [7, 11) is 0. The average Bonchev–Trinajstić information content (AvgIpc) is 2.49. The molecule has 0 amide bonds. The summed E-state index contributed by atoms with van der Waals surface area (Å²) in [6.07, 6.45) is 0. The molecule has 3 nitrogen and oxygen atoms in total. The van der Waals surface area contributed by atoms with Crippen LogP contribution in [0.5, 0.6) is 5.75 Å². The fraction of sp³-hybridized carbons (Fsp3) is 0.294. The fourth-order valence-corrected chi connectivity index (χ4v) is 2.83. The Kier molecular flexibility index (Phi) is 4.00. The van der Waals surface area contributed by atoms with E-state index in [-0.39, 0.29) is 0 Å². The SMILES string of the molecule is Oc1cccc(CN2CCNCC2c2ccccc2)c1. The number of phenols is 1. The molecule has 1 heterocycles. The van der Waals surface area contributed by atoms with E-state index in [1.807, 2.05) is 12.1 Å². The van der Waals surface area contributed by atoms with Crippen molar-refractivity contribution in [2.45, 2.75) is 12.6 Å². The molecule has 2 aromatic carbocycles. The standard InChI is InChI=1S/C17H20N2O/c20-16-8-4-5-14(11-16)13-19-10-9-18-12-17(19)15-6-2-1-3-7-15/h1-8,11,17-18,20H,9-10,12-13H2. The van der Waals surface area contributed by atoms with Crippen LogP contribution in [0.2, 0.25) is 0 Å². The second-order valence-electron chi connectivity index (χ2n) is 5.27. The molecular weight excluding hydrogens is 248 g/mol. The molecule has 104 valence electrons. The van der Waals surface area contributed by atoms with Crippen molar-refractivity contribution >= 4 is 0 Å². The van der Waals surface area contributed by atoms with Gasteiger partial charge in [-0.1, -0.05) is 42.5 Å². The van der Waals surface area contributed by atoms with Gasteiger partial charge in [0.2, 0.25) is 0 Å². The first-order chi connectivity index (χ1) is 9.83. The molecule has 2 aromatic rings. The number of aromatic hydroxyl groups is 1. The Balaban J connectivity index is 1.79. The Morgan fingerprint density at radius 3 is 2.75 bits per heavy atom. The molecule has 0 saturated carbocycles. The van der Waals surface area contributed by atoms with Crippen LogP contribution in [-0.2, 0) is 6.54 Å². The lowest BCUT2D eigenvalue weighted by Crippen LogP contribution is -2.45. The van der Waals surface area contributed by atoms with E-state index in [0.717, 1.165) is 31.7 Å². The summed E-state index contributed by atoms with van der Waals surface area (Å²) < 4.78 is 0. The molecule has 0 bridgehead atoms. The van der Waals surface area contributed by atoms with Gasteiger partial charge in [0.1, 0.15) is 5.75 Å². The van der Waals surface area contributed by atoms with Crippen LogP contribution in [0.3, 0.4) is 0 Å². The molecule has 3 rings (SSSR count). The largest absolute Gasteiger partial charge is 0.508 e. The lowest BCUT2D eigenvalue weighted by molar-refractivity contribution is 0.153. The highest BCUT2D eigenvalue weighted by Gasteiger charge is 2.23. The second kappa shape index (κ2) is 6.07. The van der Waals surface area contributed by atoms with E-state index in [2.05, 4.69) is 46.6 Å². The van der Waals surface area contributed by atoms with Crippen molar-refractivity contribution < 1.29 is 5.11 Å². The highest BCUT2D eigenvalue weighted by Crippen LogP contribution is 2.24. The Bertz CT molecular complexity index is 556. The molecular formula is C17H20N2O. The molecule has 2 N–H and O–H groups in total.